The van der Waals surface area contributed by atoms with E-state index in [1.807, 2.05) is 48.5 Å². The molecule has 4 heteroatoms. The molecule has 1 aliphatic heterocycles. The van der Waals surface area contributed by atoms with Crippen molar-refractivity contribution < 1.29 is 9.53 Å². The average Bonchev–Trinajstić information content (AvgIpc) is 3.22. The first-order chi connectivity index (χ1) is 12.5. The fraction of sp³-hybridized carbons (Fsp3) is 0.409. The third-order valence-corrected chi connectivity index (χ3v) is 5.19. The van der Waals surface area contributed by atoms with Crippen LogP contribution < -0.4 is 10.1 Å². The molecule has 0 saturated carbocycles. The van der Waals surface area contributed by atoms with Gasteiger partial charge in [0.05, 0.1) is 12.7 Å². The fourth-order valence-corrected chi connectivity index (χ4v) is 3.52. The lowest BCUT2D eigenvalue weighted by Gasteiger charge is -2.35. The fourth-order valence-electron chi connectivity index (χ4n) is 3.52. The number of nitrogens with one attached hydrogen (secondary N) is 1. The highest BCUT2D eigenvalue weighted by Crippen LogP contribution is 2.27. The number of carbonyl (C=O) groups excluding carboxylic acids is 1. The van der Waals surface area contributed by atoms with Crippen molar-refractivity contribution in [2.45, 2.75) is 32.2 Å². The van der Waals surface area contributed by atoms with Gasteiger partial charge in [0.25, 0.3) is 5.91 Å². The van der Waals surface area contributed by atoms with E-state index in [2.05, 4.69) is 24.1 Å². The lowest BCUT2D eigenvalue weighted by Crippen LogP contribution is -2.50. The van der Waals surface area contributed by atoms with E-state index in [4.69, 9.17) is 4.74 Å². The molecule has 2 aromatic rings. The predicted octanol–water partition coefficient (Wildman–Crippen LogP) is 3.97. The van der Waals surface area contributed by atoms with Crippen molar-refractivity contribution in [1.82, 2.24) is 10.2 Å². The number of nitrogens with zero attached hydrogens (tertiary/aromatic N) is 1. The maximum atomic E-state index is 12.9. The lowest BCUT2D eigenvalue weighted by molar-refractivity contribution is 0.0899. The molecule has 0 aromatic heterocycles. The molecular formula is C22H28N2O2. The summed E-state index contributed by atoms with van der Waals surface area (Å²) in [5, 5.41) is 3.11. The Morgan fingerprint density at radius 2 is 1.77 bits per heavy atom. The van der Waals surface area contributed by atoms with E-state index in [0.717, 1.165) is 24.2 Å². The van der Waals surface area contributed by atoms with Crippen molar-refractivity contribution in [3.8, 4) is 16.9 Å². The normalized spacial score (nSPS) is 15.0. The molecule has 0 atom stereocenters. The van der Waals surface area contributed by atoms with Crippen molar-refractivity contribution in [2.75, 3.05) is 26.7 Å². The van der Waals surface area contributed by atoms with Gasteiger partial charge in [-0.15, -0.1) is 0 Å². The van der Waals surface area contributed by atoms with Crippen LogP contribution in [0.1, 0.15) is 37.0 Å². The number of rotatable bonds is 6. The van der Waals surface area contributed by atoms with Crippen LogP contribution in [0, 0.1) is 0 Å². The highest BCUT2D eigenvalue weighted by Gasteiger charge is 2.29. The van der Waals surface area contributed by atoms with E-state index in [0.29, 0.717) is 17.9 Å². The van der Waals surface area contributed by atoms with Gasteiger partial charge >= 0.3 is 0 Å². The van der Waals surface area contributed by atoms with E-state index >= 15 is 0 Å². The van der Waals surface area contributed by atoms with Crippen LogP contribution in [0.5, 0.6) is 5.75 Å². The van der Waals surface area contributed by atoms with Crippen LogP contribution in [0.25, 0.3) is 11.1 Å². The van der Waals surface area contributed by atoms with Gasteiger partial charge in [0, 0.05) is 12.1 Å². The minimum absolute atomic E-state index is 0.0452. The molecule has 0 aliphatic carbocycles. The summed E-state index contributed by atoms with van der Waals surface area (Å²) in [6.45, 7) is 7.21. The average molecular weight is 352 g/mol. The molecule has 1 fully saturated rings. The molecule has 2 aromatic carbocycles. The third-order valence-electron chi connectivity index (χ3n) is 5.19. The minimum atomic E-state index is -0.0908. The number of benzene rings is 2. The number of hydrogen-bond acceptors (Lipinski definition) is 3. The number of amides is 1. The molecule has 0 bridgehead atoms. The quantitative estimate of drug-likeness (QED) is 0.855. The summed E-state index contributed by atoms with van der Waals surface area (Å²) in [4.78, 5) is 15.3. The first-order valence-corrected chi connectivity index (χ1v) is 9.28. The van der Waals surface area contributed by atoms with Crippen LogP contribution in [0.3, 0.4) is 0 Å². The lowest BCUT2D eigenvalue weighted by atomic mass is 10.0. The van der Waals surface area contributed by atoms with E-state index in [1.165, 1.54) is 12.8 Å². The van der Waals surface area contributed by atoms with E-state index in [9.17, 15) is 4.79 Å². The highest BCUT2D eigenvalue weighted by atomic mass is 16.5. The second-order valence-corrected chi connectivity index (χ2v) is 7.47. The summed E-state index contributed by atoms with van der Waals surface area (Å²) in [5.41, 5.74) is 2.62. The van der Waals surface area contributed by atoms with E-state index in [-0.39, 0.29) is 11.4 Å². The van der Waals surface area contributed by atoms with Crippen molar-refractivity contribution in [2.24, 2.45) is 0 Å². The zero-order valence-electron chi connectivity index (χ0n) is 15.9. The Hall–Kier alpha value is -2.33. The minimum Gasteiger partial charge on any atom is -0.496 e. The third kappa shape index (κ3) is 4.07. The van der Waals surface area contributed by atoms with Gasteiger partial charge in [0.1, 0.15) is 5.75 Å². The van der Waals surface area contributed by atoms with Gasteiger partial charge in [-0.2, -0.15) is 0 Å². The maximum absolute atomic E-state index is 12.9. The van der Waals surface area contributed by atoms with Crippen LogP contribution in [0.4, 0.5) is 0 Å². The standard InChI is InChI=1S/C22H28N2O2/c1-22(2,24-13-7-8-14-24)16-23-21(25)19-15-18(11-12-20(19)26-3)17-9-5-4-6-10-17/h4-6,9-12,15H,7-8,13-14,16H2,1-3H3,(H,23,25). The summed E-state index contributed by atoms with van der Waals surface area (Å²) >= 11 is 0. The number of likely N-dealkylation sites (tertiary alicyclic amines) is 1. The van der Waals surface area contributed by atoms with Crippen molar-refractivity contribution >= 4 is 5.91 Å². The topological polar surface area (TPSA) is 41.6 Å². The molecule has 4 nitrogen and oxygen atoms in total. The molecule has 138 valence electrons. The largest absolute Gasteiger partial charge is 0.496 e. The Morgan fingerprint density at radius 1 is 1.08 bits per heavy atom. The number of methoxy groups -OCH3 is 1. The van der Waals surface area contributed by atoms with Gasteiger partial charge in [0.2, 0.25) is 0 Å². The number of carbonyl (C=O) groups is 1. The van der Waals surface area contributed by atoms with Gasteiger partial charge in [-0.1, -0.05) is 36.4 Å². The summed E-state index contributed by atoms with van der Waals surface area (Å²) in [6.07, 6.45) is 2.48. The van der Waals surface area contributed by atoms with Crippen molar-refractivity contribution in [3.63, 3.8) is 0 Å². The first kappa shape index (κ1) is 18.5. The van der Waals surface area contributed by atoms with Crippen LogP contribution in [-0.4, -0.2) is 43.1 Å². The summed E-state index contributed by atoms with van der Waals surface area (Å²) in [5.74, 6) is 0.507. The van der Waals surface area contributed by atoms with Gasteiger partial charge in [-0.05, 0) is 63.0 Å². The molecule has 3 rings (SSSR count). The van der Waals surface area contributed by atoms with Crippen LogP contribution in [0.2, 0.25) is 0 Å². The number of ether oxygens (including phenoxy) is 1. The van der Waals surface area contributed by atoms with Gasteiger partial charge in [0.15, 0.2) is 0 Å². The Kier molecular flexibility index (Phi) is 5.62. The molecule has 1 saturated heterocycles. The molecule has 1 N–H and O–H groups in total. The zero-order valence-corrected chi connectivity index (χ0v) is 15.9. The Balaban J connectivity index is 1.77. The van der Waals surface area contributed by atoms with Gasteiger partial charge < -0.3 is 10.1 Å². The summed E-state index contributed by atoms with van der Waals surface area (Å²) in [6, 6.07) is 15.8. The first-order valence-electron chi connectivity index (χ1n) is 9.28. The van der Waals surface area contributed by atoms with Crippen LogP contribution in [0.15, 0.2) is 48.5 Å². The predicted molar refractivity (Wildman–Crippen MR) is 106 cm³/mol. The zero-order chi connectivity index (χ0) is 18.6. The van der Waals surface area contributed by atoms with E-state index < -0.39 is 0 Å². The number of hydrogen-bond donors (Lipinski definition) is 1. The monoisotopic (exact) mass is 352 g/mol. The summed E-state index contributed by atoms with van der Waals surface area (Å²) < 4.78 is 5.42. The molecule has 1 heterocycles. The molecular weight excluding hydrogens is 324 g/mol. The summed E-state index contributed by atoms with van der Waals surface area (Å²) in [7, 11) is 1.60. The Morgan fingerprint density at radius 3 is 2.42 bits per heavy atom. The van der Waals surface area contributed by atoms with Gasteiger partial charge in [-0.25, -0.2) is 0 Å². The highest BCUT2D eigenvalue weighted by molar-refractivity contribution is 5.98. The Bertz CT molecular complexity index is 750. The molecule has 0 unspecified atom stereocenters. The van der Waals surface area contributed by atoms with Crippen molar-refractivity contribution in [3.05, 3.63) is 54.1 Å². The second-order valence-electron chi connectivity index (χ2n) is 7.47. The molecule has 26 heavy (non-hydrogen) atoms. The van der Waals surface area contributed by atoms with E-state index in [1.54, 1.807) is 7.11 Å². The van der Waals surface area contributed by atoms with Crippen LogP contribution >= 0.6 is 0 Å². The SMILES string of the molecule is COc1ccc(-c2ccccc2)cc1C(=O)NCC(C)(C)N1CCCC1. The molecule has 0 spiro atoms. The molecule has 1 aliphatic rings. The molecule has 1 amide bonds. The van der Waals surface area contributed by atoms with Gasteiger partial charge in [-0.3, -0.25) is 9.69 Å². The Labute approximate surface area is 156 Å². The second kappa shape index (κ2) is 7.92. The van der Waals surface area contributed by atoms with Crippen molar-refractivity contribution in [1.29, 1.82) is 0 Å². The molecule has 0 radical (unpaired) electrons. The van der Waals surface area contributed by atoms with Crippen LogP contribution in [-0.2, 0) is 0 Å². The maximum Gasteiger partial charge on any atom is 0.255 e. The smallest absolute Gasteiger partial charge is 0.255 e.